The molecule has 3 amide bonds. The number of nitrogens with one attached hydrogen (secondary N) is 1. The summed E-state index contributed by atoms with van der Waals surface area (Å²) in [6.07, 6.45) is -4.92. The molecular weight excluding hydrogens is 575 g/mol. The lowest BCUT2D eigenvalue weighted by molar-refractivity contribution is -0.187. The fraction of sp³-hybridized carbons (Fsp3) is 0.273. The van der Waals surface area contributed by atoms with Crippen molar-refractivity contribution in [3.63, 3.8) is 0 Å². The Morgan fingerprint density at radius 3 is 2.09 bits per heavy atom. The van der Waals surface area contributed by atoms with Gasteiger partial charge in [-0.15, -0.1) is 0 Å². The summed E-state index contributed by atoms with van der Waals surface area (Å²) in [4.78, 5) is 56.7. The van der Waals surface area contributed by atoms with Crippen molar-refractivity contribution < 1.29 is 37.1 Å². The molecule has 4 rings (SSSR count). The van der Waals surface area contributed by atoms with Crippen molar-refractivity contribution in [2.45, 2.75) is 45.1 Å². The molecule has 0 aliphatic carbocycles. The third-order valence-corrected chi connectivity index (χ3v) is 7.23. The SMILES string of the molecule is COc1cccc(C2=CN(C(=O)c3ccccc3)C(C(C)C)C(=O)N2C(Cc2ccccc2)(NC(C)=O)C(=O)C(F)(F)F)c1. The van der Waals surface area contributed by atoms with Gasteiger partial charge in [-0.05, 0) is 35.7 Å². The van der Waals surface area contributed by atoms with E-state index in [9.17, 15) is 32.3 Å². The molecule has 0 fully saturated rings. The number of nitrogens with zero attached hydrogens (tertiary/aromatic N) is 2. The molecule has 0 radical (unpaired) electrons. The molecule has 1 N–H and O–H groups in total. The number of Topliss-reactive ketones (excluding diaryl/α,β-unsaturated/α-hetero) is 1. The van der Waals surface area contributed by atoms with Gasteiger partial charge in [-0.3, -0.25) is 24.1 Å². The summed E-state index contributed by atoms with van der Waals surface area (Å²) < 4.78 is 49.0. The summed E-state index contributed by atoms with van der Waals surface area (Å²) in [5.74, 6) is -5.19. The van der Waals surface area contributed by atoms with Gasteiger partial charge in [0.25, 0.3) is 17.6 Å². The first-order valence-electron chi connectivity index (χ1n) is 13.8. The molecule has 2 atom stereocenters. The van der Waals surface area contributed by atoms with E-state index in [1.807, 2.05) is 0 Å². The van der Waals surface area contributed by atoms with Crippen LogP contribution >= 0.6 is 0 Å². The Kier molecular flexibility index (Phi) is 9.27. The van der Waals surface area contributed by atoms with E-state index in [0.717, 1.165) is 6.92 Å². The second-order valence-corrected chi connectivity index (χ2v) is 10.7. The van der Waals surface area contributed by atoms with Gasteiger partial charge in [-0.25, -0.2) is 0 Å². The highest BCUT2D eigenvalue weighted by molar-refractivity contribution is 6.07. The summed E-state index contributed by atoms with van der Waals surface area (Å²) >= 11 is 0. The average molecular weight is 608 g/mol. The molecule has 0 aromatic heterocycles. The highest BCUT2D eigenvalue weighted by Gasteiger charge is 2.61. The molecule has 0 bridgehead atoms. The average Bonchev–Trinajstić information content (AvgIpc) is 2.99. The predicted octanol–water partition coefficient (Wildman–Crippen LogP) is 5.21. The summed E-state index contributed by atoms with van der Waals surface area (Å²) in [5.41, 5.74) is -2.50. The zero-order valence-electron chi connectivity index (χ0n) is 24.6. The number of carbonyl (C=O) groups is 4. The maximum absolute atomic E-state index is 14.7. The van der Waals surface area contributed by atoms with Gasteiger partial charge in [0.05, 0.1) is 12.8 Å². The standard InChI is InChI=1S/C33H32F3N3O5/c1-21(2)28-30(42)39(32(37-22(3)40,31(43)33(34,35)36)19-23-12-7-5-8-13-23)27(25-16-11-17-26(18-25)44-4)20-38(28)29(41)24-14-9-6-10-15-24/h5-18,20-21,28H,19H2,1-4H3,(H,37,40). The highest BCUT2D eigenvalue weighted by Crippen LogP contribution is 2.40. The van der Waals surface area contributed by atoms with Crippen molar-refractivity contribution in [1.29, 1.82) is 0 Å². The molecule has 230 valence electrons. The minimum Gasteiger partial charge on any atom is -0.497 e. The molecule has 0 saturated carbocycles. The Hall–Kier alpha value is -4.93. The van der Waals surface area contributed by atoms with Crippen LogP contribution in [0.25, 0.3) is 5.70 Å². The number of carbonyl (C=O) groups excluding carboxylic acids is 4. The summed E-state index contributed by atoms with van der Waals surface area (Å²) in [6.45, 7) is 4.25. The maximum atomic E-state index is 14.7. The van der Waals surface area contributed by atoms with Crippen LogP contribution in [0.2, 0.25) is 0 Å². The first-order chi connectivity index (χ1) is 20.8. The molecule has 2 unspecified atom stereocenters. The fourth-order valence-electron chi connectivity index (χ4n) is 5.38. The number of ketones is 1. The van der Waals surface area contributed by atoms with Gasteiger partial charge in [-0.2, -0.15) is 13.2 Å². The molecule has 44 heavy (non-hydrogen) atoms. The minimum atomic E-state index is -5.47. The minimum absolute atomic E-state index is 0.170. The predicted molar refractivity (Wildman–Crippen MR) is 157 cm³/mol. The van der Waals surface area contributed by atoms with E-state index in [0.29, 0.717) is 10.6 Å². The number of amides is 3. The van der Waals surface area contributed by atoms with Crippen molar-refractivity contribution >= 4 is 29.2 Å². The molecule has 0 saturated heterocycles. The van der Waals surface area contributed by atoms with Crippen LogP contribution in [0.5, 0.6) is 5.75 Å². The van der Waals surface area contributed by atoms with Crippen LogP contribution in [0.15, 0.2) is 91.1 Å². The number of alkyl halides is 3. The van der Waals surface area contributed by atoms with E-state index >= 15 is 0 Å². The van der Waals surface area contributed by atoms with E-state index in [1.165, 1.54) is 42.5 Å². The molecule has 11 heteroatoms. The number of hydrogen-bond donors (Lipinski definition) is 1. The number of hydrogen-bond acceptors (Lipinski definition) is 5. The summed E-state index contributed by atoms with van der Waals surface area (Å²) in [7, 11) is 1.39. The van der Waals surface area contributed by atoms with E-state index in [4.69, 9.17) is 4.74 Å². The number of halogens is 3. The van der Waals surface area contributed by atoms with Gasteiger partial charge < -0.3 is 15.0 Å². The van der Waals surface area contributed by atoms with Crippen LogP contribution in [-0.4, -0.2) is 58.3 Å². The Labute approximate surface area is 253 Å². The van der Waals surface area contributed by atoms with Gasteiger partial charge in [0.2, 0.25) is 5.91 Å². The lowest BCUT2D eigenvalue weighted by Crippen LogP contribution is -2.73. The number of benzene rings is 3. The second-order valence-electron chi connectivity index (χ2n) is 10.7. The van der Waals surface area contributed by atoms with Gasteiger partial charge >= 0.3 is 6.18 Å². The van der Waals surface area contributed by atoms with Crippen molar-refractivity contribution in [3.8, 4) is 5.75 Å². The van der Waals surface area contributed by atoms with Crippen molar-refractivity contribution in [1.82, 2.24) is 15.1 Å². The highest BCUT2D eigenvalue weighted by atomic mass is 19.4. The molecule has 3 aromatic carbocycles. The van der Waals surface area contributed by atoms with E-state index in [2.05, 4.69) is 5.32 Å². The first kappa shape index (κ1) is 32.0. The first-order valence-corrected chi connectivity index (χ1v) is 13.8. The van der Waals surface area contributed by atoms with Crippen LogP contribution in [0.1, 0.15) is 42.3 Å². The molecule has 1 aliphatic rings. The normalized spacial score (nSPS) is 16.7. The molecule has 1 heterocycles. The Morgan fingerprint density at radius 2 is 1.55 bits per heavy atom. The quantitative estimate of drug-likeness (QED) is 0.361. The van der Waals surface area contributed by atoms with Crippen LogP contribution in [0, 0.1) is 5.92 Å². The van der Waals surface area contributed by atoms with E-state index in [-0.39, 0.29) is 22.4 Å². The maximum Gasteiger partial charge on any atom is 0.454 e. The van der Waals surface area contributed by atoms with Gasteiger partial charge in [-0.1, -0.05) is 74.5 Å². The zero-order valence-corrected chi connectivity index (χ0v) is 24.6. The van der Waals surface area contributed by atoms with Gasteiger partial charge in [0, 0.05) is 30.7 Å². The lowest BCUT2D eigenvalue weighted by atomic mass is 9.87. The van der Waals surface area contributed by atoms with Crippen LogP contribution in [0.3, 0.4) is 0 Å². The summed E-state index contributed by atoms with van der Waals surface area (Å²) in [5, 5.41) is 2.23. The smallest absolute Gasteiger partial charge is 0.454 e. The Morgan fingerprint density at radius 1 is 0.932 bits per heavy atom. The van der Waals surface area contributed by atoms with Crippen molar-refractivity contribution in [2.75, 3.05) is 7.11 Å². The van der Waals surface area contributed by atoms with Gasteiger partial charge in [0.1, 0.15) is 11.8 Å². The monoisotopic (exact) mass is 607 g/mol. The number of ether oxygens (including phenoxy) is 1. The third-order valence-electron chi connectivity index (χ3n) is 7.23. The van der Waals surface area contributed by atoms with Crippen LogP contribution in [0.4, 0.5) is 13.2 Å². The molecule has 8 nitrogen and oxygen atoms in total. The Bertz CT molecular complexity index is 1570. The van der Waals surface area contributed by atoms with Crippen molar-refractivity contribution in [3.05, 3.63) is 108 Å². The van der Waals surface area contributed by atoms with Crippen LogP contribution < -0.4 is 10.1 Å². The molecule has 1 aliphatic heterocycles. The molecular formula is C33H32F3N3O5. The van der Waals surface area contributed by atoms with E-state index < -0.39 is 53.7 Å². The second kappa shape index (κ2) is 12.7. The number of methoxy groups -OCH3 is 1. The van der Waals surface area contributed by atoms with Crippen LogP contribution in [-0.2, 0) is 20.8 Å². The van der Waals surface area contributed by atoms with Crippen molar-refractivity contribution in [2.24, 2.45) is 5.92 Å². The third kappa shape index (κ3) is 6.36. The topological polar surface area (TPSA) is 96.0 Å². The summed E-state index contributed by atoms with van der Waals surface area (Å²) in [6, 6.07) is 20.7. The largest absolute Gasteiger partial charge is 0.497 e. The number of rotatable bonds is 9. The fourth-order valence-corrected chi connectivity index (χ4v) is 5.38. The van der Waals surface area contributed by atoms with E-state index in [1.54, 1.807) is 74.5 Å². The molecule has 0 spiro atoms. The zero-order chi connectivity index (χ0) is 32.2. The molecule has 3 aromatic rings. The lowest BCUT2D eigenvalue weighted by Gasteiger charge is -2.49. The van der Waals surface area contributed by atoms with Gasteiger partial charge in [0.15, 0.2) is 5.66 Å². The Balaban J connectivity index is 2.09.